The highest BCUT2D eigenvalue weighted by atomic mass is 19.1. The zero-order valence-electron chi connectivity index (χ0n) is 9.73. The molecule has 1 aliphatic rings. The molecule has 2 N–H and O–H groups in total. The van der Waals surface area contributed by atoms with Gasteiger partial charge in [0, 0.05) is 6.07 Å². The van der Waals surface area contributed by atoms with Crippen LogP contribution in [0.15, 0.2) is 18.2 Å². The molecule has 0 aliphatic carbocycles. The number of ether oxygens (including phenoxy) is 1. The van der Waals surface area contributed by atoms with Crippen molar-refractivity contribution in [2.45, 2.75) is 25.0 Å². The monoisotopic (exact) mass is 271 g/mol. The van der Waals surface area contributed by atoms with E-state index in [2.05, 4.69) is 5.32 Å². The summed E-state index contributed by atoms with van der Waals surface area (Å²) in [5, 5.41) is 11.0. The van der Waals surface area contributed by atoms with Gasteiger partial charge in [-0.25, -0.2) is 13.6 Å². The standard InChI is InChI=1S/C12H11F2NO4/c13-6-1-2-8(7(14)5-6)15-11(16)9-3-4-10(19-9)12(17)18/h1-2,5,9-10H,3-4H2,(H,15,16)(H,17,18)/t9-,10+/m0/s1. The second kappa shape index (κ2) is 5.31. The molecule has 0 radical (unpaired) electrons. The third-order valence-corrected chi connectivity index (χ3v) is 2.78. The maximum atomic E-state index is 13.3. The van der Waals surface area contributed by atoms with Gasteiger partial charge in [-0.15, -0.1) is 0 Å². The molecule has 102 valence electrons. The number of carbonyl (C=O) groups is 2. The lowest BCUT2D eigenvalue weighted by Gasteiger charge is -2.12. The quantitative estimate of drug-likeness (QED) is 0.874. The average molecular weight is 271 g/mol. The first-order chi connectivity index (χ1) is 8.97. The summed E-state index contributed by atoms with van der Waals surface area (Å²) in [5.74, 6) is -3.43. The van der Waals surface area contributed by atoms with Crippen LogP contribution in [0.5, 0.6) is 0 Å². The topological polar surface area (TPSA) is 75.6 Å². The van der Waals surface area contributed by atoms with Gasteiger partial charge in [0.05, 0.1) is 5.69 Å². The van der Waals surface area contributed by atoms with E-state index in [0.29, 0.717) is 6.07 Å². The van der Waals surface area contributed by atoms with E-state index < -0.39 is 35.7 Å². The molecule has 0 bridgehead atoms. The molecule has 1 fully saturated rings. The second-order valence-electron chi connectivity index (χ2n) is 4.14. The van der Waals surface area contributed by atoms with Crippen molar-refractivity contribution in [2.24, 2.45) is 0 Å². The van der Waals surface area contributed by atoms with Crippen molar-refractivity contribution in [1.82, 2.24) is 0 Å². The fourth-order valence-corrected chi connectivity index (χ4v) is 1.82. The lowest BCUT2D eigenvalue weighted by molar-refractivity contribution is -0.150. The van der Waals surface area contributed by atoms with Gasteiger partial charge in [-0.05, 0) is 25.0 Å². The Morgan fingerprint density at radius 3 is 2.53 bits per heavy atom. The minimum atomic E-state index is -1.14. The molecule has 1 aromatic rings. The Morgan fingerprint density at radius 1 is 1.26 bits per heavy atom. The number of halogens is 2. The molecule has 0 spiro atoms. The molecular weight excluding hydrogens is 260 g/mol. The van der Waals surface area contributed by atoms with E-state index in [9.17, 15) is 18.4 Å². The van der Waals surface area contributed by atoms with E-state index in [1.807, 2.05) is 0 Å². The number of carboxylic acids is 1. The Hall–Kier alpha value is -2.02. The van der Waals surface area contributed by atoms with Crippen molar-refractivity contribution in [3.05, 3.63) is 29.8 Å². The molecule has 7 heteroatoms. The zero-order chi connectivity index (χ0) is 14.0. The van der Waals surface area contributed by atoms with Gasteiger partial charge in [0.15, 0.2) is 6.10 Å². The minimum Gasteiger partial charge on any atom is -0.479 e. The number of rotatable bonds is 3. The Labute approximate surface area is 107 Å². The summed E-state index contributed by atoms with van der Waals surface area (Å²) >= 11 is 0. The molecule has 0 aromatic heterocycles. The highest BCUT2D eigenvalue weighted by Gasteiger charge is 2.34. The van der Waals surface area contributed by atoms with Crippen molar-refractivity contribution < 1.29 is 28.2 Å². The molecular formula is C12H11F2NO4. The SMILES string of the molecule is O=C(Nc1ccc(F)cc1F)[C@@H]1CC[C@H](C(=O)O)O1. The summed E-state index contributed by atoms with van der Waals surface area (Å²) < 4.78 is 31.0. The molecule has 19 heavy (non-hydrogen) atoms. The number of benzene rings is 1. The molecule has 5 nitrogen and oxygen atoms in total. The molecule has 1 heterocycles. The summed E-state index contributed by atoms with van der Waals surface area (Å²) in [6.07, 6.45) is -1.50. The predicted molar refractivity (Wildman–Crippen MR) is 60.5 cm³/mol. The fourth-order valence-electron chi connectivity index (χ4n) is 1.82. The molecule has 0 saturated carbocycles. The lowest BCUT2D eigenvalue weighted by Crippen LogP contribution is -2.30. The van der Waals surface area contributed by atoms with Crippen LogP contribution >= 0.6 is 0 Å². The van der Waals surface area contributed by atoms with E-state index >= 15 is 0 Å². The van der Waals surface area contributed by atoms with Gasteiger partial charge in [-0.1, -0.05) is 0 Å². The van der Waals surface area contributed by atoms with Gasteiger partial charge in [0.1, 0.15) is 17.7 Å². The van der Waals surface area contributed by atoms with Crippen LogP contribution < -0.4 is 5.32 Å². The van der Waals surface area contributed by atoms with Gasteiger partial charge >= 0.3 is 5.97 Å². The van der Waals surface area contributed by atoms with Gasteiger partial charge in [-0.3, -0.25) is 4.79 Å². The summed E-state index contributed by atoms with van der Waals surface area (Å²) in [6, 6.07) is 2.74. The van der Waals surface area contributed by atoms with Crippen LogP contribution in [0.25, 0.3) is 0 Å². The van der Waals surface area contributed by atoms with E-state index in [1.54, 1.807) is 0 Å². The molecule has 1 aliphatic heterocycles. The van der Waals surface area contributed by atoms with Crippen LogP contribution in [0.3, 0.4) is 0 Å². The first-order valence-corrected chi connectivity index (χ1v) is 5.61. The molecule has 2 atom stereocenters. The largest absolute Gasteiger partial charge is 0.479 e. The number of anilines is 1. The van der Waals surface area contributed by atoms with Crippen molar-refractivity contribution in [3.8, 4) is 0 Å². The number of hydrogen-bond donors (Lipinski definition) is 2. The van der Waals surface area contributed by atoms with Gasteiger partial charge in [0.25, 0.3) is 5.91 Å². The number of amides is 1. The maximum absolute atomic E-state index is 13.3. The number of aliphatic carboxylic acids is 1. The summed E-state index contributed by atoms with van der Waals surface area (Å²) in [7, 11) is 0. The Morgan fingerprint density at radius 2 is 1.95 bits per heavy atom. The predicted octanol–water partition coefficient (Wildman–Crippen LogP) is 1.54. The highest BCUT2D eigenvalue weighted by molar-refractivity contribution is 5.94. The zero-order valence-corrected chi connectivity index (χ0v) is 9.73. The van der Waals surface area contributed by atoms with Crippen molar-refractivity contribution >= 4 is 17.6 Å². The van der Waals surface area contributed by atoms with Crippen LogP contribution in [0.4, 0.5) is 14.5 Å². The van der Waals surface area contributed by atoms with E-state index in [-0.39, 0.29) is 18.5 Å². The van der Waals surface area contributed by atoms with Crippen molar-refractivity contribution in [2.75, 3.05) is 5.32 Å². The summed E-state index contributed by atoms with van der Waals surface area (Å²) in [4.78, 5) is 22.4. The maximum Gasteiger partial charge on any atom is 0.332 e. The molecule has 1 aromatic carbocycles. The van der Waals surface area contributed by atoms with Crippen LogP contribution in [0, 0.1) is 11.6 Å². The Balaban J connectivity index is 2.00. The van der Waals surface area contributed by atoms with Crippen LogP contribution in [-0.4, -0.2) is 29.2 Å². The Bertz CT molecular complexity index is 520. The number of carbonyl (C=O) groups excluding carboxylic acids is 1. The van der Waals surface area contributed by atoms with Crippen LogP contribution in [-0.2, 0) is 14.3 Å². The number of nitrogens with one attached hydrogen (secondary N) is 1. The molecule has 1 amide bonds. The van der Waals surface area contributed by atoms with Gasteiger partial charge in [-0.2, -0.15) is 0 Å². The first kappa shape index (κ1) is 13.4. The average Bonchev–Trinajstić information content (AvgIpc) is 2.82. The number of carboxylic acid groups (broad SMARTS) is 1. The molecule has 1 saturated heterocycles. The van der Waals surface area contributed by atoms with E-state index in [4.69, 9.17) is 9.84 Å². The van der Waals surface area contributed by atoms with Crippen LogP contribution in [0.2, 0.25) is 0 Å². The third kappa shape index (κ3) is 3.05. The Kier molecular flexibility index (Phi) is 3.75. The molecule has 2 rings (SSSR count). The highest BCUT2D eigenvalue weighted by Crippen LogP contribution is 2.22. The van der Waals surface area contributed by atoms with Gasteiger partial charge < -0.3 is 15.2 Å². The molecule has 0 unspecified atom stereocenters. The normalized spacial score (nSPS) is 22.2. The van der Waals surface area contributed by atoms with E-state index in [0.717, 1.165) is 12.1 Å². The fraction of sp³-hybridized carbons (Fsp3) is 0.333. The second-order valence-corrected chi connectivity index (χ2v) is 4.14. The van der Waals surface area contributed by atoms with Gasteiger partial charge in [0.2, 0.25) is 0 Å². The first-order valence-electron chi connectivity index (χ1n) is 5.61. The van der Waals surface area contributed by atoms with E-state index in [1.165, 1.54) is 0 Å². The van der Waals surface area contributed by atoms with Crippen LogP contribution in [0.1, 0.15) is 12.8 Å². The van der Waals surface area contributed by atoms with Crippen molar-refractivity contribution in [3.63, 3.8) is 0 Å². The summed E-state index contributed by atoms with van der Waals surface area (Å²) in [5.41, 5.74) is -0.172. The summed E-state index contributed by atoms with van der Waals surface area (Å²) in [6.45, 7) is 0. The lowest BCUT2D eigenvalue weighted by atomic mass is 10.2. The van der Waals surface area contributed by atoms with Crippen molar-refractivity contribution in [1.29, 1.82) is 0 Å². The smallest absolute Gasteiger partial charge is 0.332 e. The third-order valence-electron chi connectivity index (χ3n) is 2.78. The number of hydrogen-bond acceptors (Lipinski definition) is 3. The minimum absolute atomic E-state index is 0.172.